The van der Waals surface area contributed by atoms with Crippen LogP contribution < -0.4 is 0 Å². The van der Waals surface area contributed by atoms with Gasteiger partial charge in [-0.3, -0.25) is 0 Å². The van der Waals surface area contributed by atoms with Gasteiger partial charge in [0.1, 0.15) is 5.75 Å². The van der Waals surface area contributed by atoms with Gasteiger partial charge in [0.15, 0.2) is 0 Å². The molecule has 2 bridgehead atoms. The first-order chi connectivity index (χ1) is 6.27. The van der Waals surface area contributed by atoms with Gasteiger partial charge in [0, 0.05) is 6.42 Å². The van der Waals surface area contributed by atoms with E-state index >= 15 is 0 Å². The Kier molecular flexibility index (Phi) is 3.70. The molecule has 0 unspecified atom stereocenters. The average molecular weight is 184 g/mol. The van der Waals surface area contributed by atoms with E-state index in [-0.39, 0.29) is 0 Å². The molecule has 4 nitrogen and oxygen atoms in total. The third kappa shape index (κ3) is 2.69. The molecule has 0 spiro atoms. The molecule has 2 aliphatic rings. The zero-order valence-electron chi connectivity index (χ0n) is 7.61. The van der Waals surface area contributed by atoms with Crippen molar-refractivity contribution in [3.8, 4) is 5.75 Å². The van der Waals surface area contributed by atoms with Crippen LogP contribution in [0.4, 0.5) is 0 Å². The summed E-state index contributed by atoms with van der Waals surface area (Å²) in [4.78, 5) is 7.94. The van der Waals surface area contributed by atoms with Gasteiger partial charge in [-0.1, -0.05) is 17.2 Å². The first-order valence-electron chi connectivity index (χ1n) is 3.82. The lowest BCUT2D eigenvalue weighted by Gasteiger charge is -2.14. The highest BCUT2D eigenvalue weighted by molar-refractivity contribution is 5.46. The van der Waals surface area contributed by atoms with E-state index in [1.54, 1.807) is 6.07 Å². The van der Waals surface area contributed by atoms with Gasteiger partial charge in [-0.15, -0.1) is 0 Å². The molecule has 13 heavy (non-hydrogen) atoms. The lowest BCUT2D eigenvalue weighted by molar-refractivity contribution is -0.491. The average Bonchev–Trinajstić information content (AvgIpc) is 2.05. The lowest BCUT2D eigenvalue weighted by Crippen LogP contribution is -1.99. The Morgan fingerprint density at radius 3 is 2.00 bits per heavy atom. The zero-order valence-corrected chi connectivity index (χ0v) is 7.61. The quantitative estimate of drug-likeness (QED) is 0.566. The fourth-order valence-corrected chi connectivity index (χ4v) is 1.05. The number of fused-ring (bicyclic) bond motifs is 2. The maximum atomic E-state index is 8.96. The first-order valence-corrected chi connectivity index (χ1v) is 3.82. The molecule has 1 aromatic rings. The van der Waals surface area contributed by atoms with E-state index in [2.05, 4.69) is 14.8 Å². The molecule has 0 saturated heterocycles. The standard InChI is InChI=1S/C7H6O.C2H6O3/c8-7-2-1-5-3-6(7)4-5;1-3-5-4-2/h1-3,8H,4H2;1-2H3. The van der Waals surface area contributed by atoms with E-state index in [1.807, 2.05) is 12.1 Å². The van der Waals surface area contributed by atoms with Gasteiger partial charge >= 0.3 is 0 Å². The lowest BCUT2D eigenvalue weighted by atomic mass is 9.93. The van der Waals surface area contributed by atoms with Crippen molar-refractivity contribution < 1.29 is 19.9 Å². The summed E-state index contributed by atoms with van der Waals surface area (Å²) in [5, 5.41) is 12.8. The number of benzene rings is 1. The molecule has 0 aromatic heterocycles. The molecule has 1 aromatic carbocycles. The Morgan fingerprint density at radius 2 is 1.85 bits per heavy atom. The predicted octanol–water partition coefficient (Wildman–Crippen LogP) is 1.42. The molecular weight excluding hydrogens is 172 g/mol. The summed E-state index contributed by atoms with van der Waals surface area (Å²) in [5.41, 5.74) is 2.42. The summed E-state index contributed by atoms with van der Waals surface area (Å²) < 4.78 is 0. The topological polar surface area (TPSA) is 47.9 Å². The maximum absolute atomic E-state index is 8.96. The Morgan fingerprint density at radius 1 is 1.23 bits per heavy atom. The fraction of sp³-hybridized carbons (Fsp3) is 0.333. The molecule has 0 fully saturated rings. The number of phenolic OH excluding ortho intramolecular Hbond substituents is 1. The van der Waals surface area contributed by atoms with Gasteiger partial charge in [-0.25, -0.2) is 9.78 Å². The number of hydrogen-bond acceptors (Lipinski definition) is 4. The van der Waals surface area contributed by atoms with E-state index in [0.717, 1.165) is 12.0 Å². The highest BCUT2D eigenvalue weighted by atomic mass is 17.5. The van der Waals surface area contributed by atoms with Crippen LogP contribution in [0.3, 0.4) is 0 Å². The van der Waals surface area contributed by atoms with Crippen LogP contribution in [0.1, 0.15) is 11.1 Å². The van der Waals surface area contributed by atoms with Gasteiger partial charge < -0.3 is 5.11 Å². The van der Waals surface area contributed by atoms with Crippen molar-refractivity contribution >= 4 is 0 Å². The van der Waals surface area contributed by atoms with E-state index in [0.29, 0.717) is 5.75 Å². The Labute approximate surface area is 76.5 Å². The Balaban J connectivity index is 0.000000149. The third-order valence-electron chi connectivity index (χ3n) is 1.67. The normalized spacial score (nSPS) is 11.2. The van der Waals surface area contributed by atoms with Crippen molar-refractivity contribution in [3.05, 3.63) is 29.3 Å². The number of rotatable bonds is 2. The highest BCUT2D eigenvalue weighted by Gasteiger charge is 2.11. The van der Waals surface area contributed by atoms with Crippen molar-refractivity contribution in [2.75, 3.05) is 14.2 Å². The second kappa shape index (κ2) is 4.81. The molecule has 0 heterocycles. The van der Waals surface area contributed by atoms with Gasteiger partial charge in [0.05, 0.1) is 14.2 Å². The molecule has 72 valence electrons. The van der Waals surface area contributed by atoms with Crippen molar-refractivity contribution in [1.29, 1.82) is 0 Å². The highest BCUT2D eigenvalue weighted by Crippen LogP contribution is 2.29. The SMILES string of the molecule is COOOC.Oc1ccc2cc1C2. The summed E-state index contributed by atoms with van der Waals surface area (Å²) in [5.74, 6) is 0.444. The van der Waals surface area contributed by atoms with Crippen LogP contribution in [0.15, 0.2) is 18.2 Å². The van der Waals surface area contributed by atoms with Crippen LogP contribution in [-0.4, -0.2) is 19.3 Å². The minimum Gasteiger partial charge on any atom is -0.508 e. The van der Waals surface area contributed by atoms with E-state index in [4.69, 9.17) is 5.11 Å². The summed E-state index contributed by atoms with van der Waals surface area (Å²) in [6.45, 7) is 0. The Bertz CT molecular complexity index is 261. The van der Waals surface area contributed by atoms with E-state index < -0.39 is 0 Å². The van der Waals surface area contributed by atoms with Crippen LogP contribution in [0, 0.1) is 0 Å². The van der Waals surface area contributed by atoms with Crippen molar-refractivity contribution in [3.63, 3.8) is 0 Å². The molecule has 0 saturated carbocycles. The molecule has 1 N–H and O–H groups in total. The smallest absolute Gasteiger partial charge is 0.119 e. The summed E-state index contributed by atoms with van der Waals surface area (Å²) in [6.07, 6.45) is 0.975. The second-order valence-corrected chi connectivity index (χ2v) is 2.54. The molecule has 0 radical (unpaired) electrons. The van der Waals surface area contributed by atoms with Gasteiger partial charge in [-0.05, 0) is 17.2 Å². The van der Waals surface area contributed by atoms with E-state index in [1.165, 1.54) is 19.8 Å². The van der Waals surface area contributed by atoms with Crippen LogP contribution in [-0.2, 0) is 21.2 Å². The van der Waals surface area contributed by atoms with Gasteiger partial charge in [-0.2, -0.15) is 0 Å². The van der Waals surface area contributed by atoms with Crippen molar-refractivity contribution in [2.45, 2.75) is 6.42 Å². The van der Waals surface area contributed by atoms with Crippen molar-refractivity contribution in [1.82, 2.24) is 0 Å². The molecular formula is C9H12O4. The summed E-state index contributed by atoms with van der Waals surface area (Å²) in [6, 6.07) is 5.70. The maximum Gasteiger partial charge on any atom is 0.119 e. The van der Waals surface area contributed by atoms with Gasteiger partial charge in [0.25, 0.3) is 0 Å². The van der Waals surface area contributed by atoms with Crippen LogP contribution >= 0.6 is 0 Å². The summed E-state index contributed by atoms with van der Waals surface area (Å²) in [7, 11) is 2.73. The molecule has 0 atom stereocenters. The first kappa shape index (κ1) is 9.98. The zero-order chi connectivity index (χ0) is 9.68. The Hall–Kier alpha value is -1.10. The van der Waals surface area contributed by atoms with Crippen LogP contribution in [0.25, 0.3) is 0 Å². The molecule has 3 rings (SSSR count). The second-order valence-electron chi connectivity index (χ2n) is 2.54. The molecule has 4 heteroatoms. The monoisotopic (exact) mass is 184 g/mol. The molecule has 0 aliphatic heterocycles. The minimum atomic E-state index is 0.444. The minimum absolute atomic E-state index is 0.444. The predicted molar refractivity (Wildman–Crippen MR) is 46.0 cm³/mol. The fourth-order valence-electron chi connectivity index (χ4n) is 1.05. The van der Waals surface area contributed by atoms with Crippen LogP contribution in [0.5, 0.6) is 5.75 Å². The van der Waals surface area contributed by atoms with Crippen molar-refractivity contribution in [2.24, 2.45) is 0 Å². The van der Waals surface area contributed by atoms with Crippen LogP contribution in [0.2, 0.25) is 0 Å². The van der Waals surface area contributed by atoms with E-state index in [9.17, 15) is 0 Å². The summed E-state index contributed by atoms with van der Waals surface area (Å²) >= 11 is 0. The largest absolute Gasteiger partial charge is 0.508 e. The number of hydrogen-bond donors (Lipinski definition) is 1. The van der Waals surface area contributed by atoms with Gasteiger partial charge in [0.2, 0.25) is 0 Å². The number of phenols is 1. The third-order valence-corrected chi connectivity index (χ3v) is 1.67. The molecule has 0 amide bonds. The number of aromatic hydroxyl groups is 1. The molecule has 2 aliphatic carbocycles.